The summed E-state index contributed by atoms with van der Waals surface area (Å²) in [6.07, 6.45) is 7.84. The van der Waals surface area contributed by atoms with Crippen LogP contribution in [0.1, 0.15) is 83.4 Å². The van der Waals surface area contributed by atoms with E-state index >= 15 is 0 Å². The minimum absolute atomic E-state index is 0.144. The van der Waals surface area contributed by atoms with Crippen LogP contribution in [0.4, 0.5) is 0 Å². The number of aliphatic carboxylic acids is 1. The van der Waals surface area contributed by atoms with Crippen LogP contribution in [-0.4, -0.2) is 88.1 Å². The van der Waals surface area contributed by atoms with Crippen LogP contribution in [0.5, 0.6) is 34.5 Å². The van der Waals surface area contributed by atoms with Crippen molar-refractivity contribution in [1.29, 1.82) is 0 Å². The zero-order valence-corrected chi connectivity index (χ0v) is 36.0. The molecule has 0 aliphatic rings. The molecule has 62 heavy (non-hydrogen) atoms. The van der Waals surface area contributed by atoms with Crippen LogP contribution in [0.2, 0.25) is 0 Å². The fourth-order valence-corrected chi connectivity index (χ4v) is 6.62. The van der Waals surface area contributed by atoms with Crippen LogP contribution >= 0.6 is 0 Å². The van der Waals surface area contributed by atoms with Crippen LogP contribution < -0.4 is 44.4 Å². The number of carboxylic acids is 1. The predicted octanol–water partition coefficient (Wildman–Crippen LogP) is 7.74. The number of nitrogens with one attached hydrogen (secondary N) is 3. The Balaban J connectivity index is 1.77. The van der Waals surface area contributed by atoms with Gasteiger partial charge in [-0.25, -0.2) is 0 Å². The van der Waals surface area contributed by atoms with Gasteiger partial charge in [0, 0.05) is 19.6 Å². The van der Waals surface area contributed by atoms with Crippen LogP contribution in [0.15, 0.2) is 105 Å². The Morgan fingerprint density at radius 2 is 0.839 bits per heavy atom. The molecule has 0 spiro atoms. The molecule has 1 atom stereocenters. The van der Waals surface area contributed by atoms with Crippen molar-refractivity contribution in [3.63, 3.8) is 0 Å². The second-order valence-electron chi connectivity index (χ2n) is 13.8. The van der Waals surface area contributed by atoms with Crippen LogP contribution in [0, 0.1) is 5.41 Å². The molecule has 0 radical (unpaired) electrons. The van der Waals surface area contributed by atoms with E-state index in [0.29, 0.717) is 55.5 Å². The molecule has 0 heterocycles. The number of rotatable bonds is 32. The van der Waals surface area contributed by atoms with Crippen molar-refractivity contribution in [2.45, 2.75) is 52.4 Å². The topological polar surface area (TPSA) is 180 Å². The van der Waals surface area contributed by atoms with Crippen LogP contribution in [0.25, 0.3) is 0 Å². The van der Waals surface area contributed by atoms with Gasteiger partial charge in [-0.3, -0.25) is 19.2 Å². The van der Waals surface area contributed by atoms with Crippen molar-refractivity contribution in [3.05, 3.63) is 122 Å². The maximum absolute atomic E-state index is 13.4. The highest BCUT2D eigenvalue weighted by Crippen LogP contribution is 2.37. The lowest BCUT2D eigenvalue weighted by molar-refractivity contribution is -0.150. The summed E-state index contributed by atoms with van der Waals surface area (Å²) in [5.74, 6) is -0.213. The standard InChI is InChI=1S/C48H61N3O11/c1-7-31-59-39-23-14-19-35(41(39)58-12-6)44(52)49-28-16-25-48(47(55)56,26-17-29-50-45(53)36-20-13-22-38(57-11-5)42(36)61-33-9-3)27-18-30-51-46(54)37-21-15-24-40(60-32-8-2)43(37)62-34-10-4/h7-10,13-15,19-24H,1-4,11-12,16-18,25-34H2,5-6H3,(H,49,52)(H,50,53)(H,51,54)(H,55,56). The van der Waals surface area contributed by atoms with Gasteiger partial charge in [-0.15, -0.1) is 0 Å². The highest BCUT2D eigenvalue weighted by Gasteiger charge is 2.37. The number of benzene rings is 3. The first-order valence-corrected chi connectivity index (χ1v) is 20.8. The van der Waals surface area contributed by atoms with E-state index in [2.05, 4.69) is 42.3 Å². The van der Waals surface area contributed by atoms with E-state index in [1.54, 1.807) is 85.8 Å². The molecule has 0 aliphatic heterocycles. The fraction of sp³-hybridized carbons (Fsp3) is 0.375. The number of para-hydroxylation sites is 3. The third kappa shape index (κ3) is 14.8. The normalized spacial score (nSPS) is 11.5. The zero-order valence-electron chi connectivity index (χ0n) is 36.0. The summed E-state index contributed by atoms with van der Waals surface area (Å²) in [5.41, 5.74) is -0.460. The Hall–Kier alpha value is -6.70. The first-order valence-electron chi connectivity index (χ1n) is 20.8. The third-order valence-corrected chi connectivity index (χ3v) is 9.47. The van der Waals surface area contributed by atoms with Gasteiger partial charge in [0.05, 0.1) is 35.3 Å². The fourth-order valence-electron chi connectivity index (χ4n) is 6.62. The summed E-state index contributed by atoms with van der Waals surface area (Å²) >= 11 is 0. The highest BCUT2D eigenvalue weighted by atomic mass is 16.5. The SMILES string of the molecule is C=CCOc1cccc(C(=O)NCCCC(CCCNC(=O)c2cccc(OCC)c2OCC=C)(CCCNC(=O)c2cccc(OCC=C)c2OCC=C)C(=O)O)c1OCC. The molecule has 3 aromatic carbocycles. The van der Waals surface area contributed by atoms with Crippen molar-refractivity contribution < 1.29 is 52.7 Å². The smallest absolute Gasteiger partial charge is 0.309 e. The molecular weight excluding hydrogens is 795 g/mol. The number of hydrogen-bond acceptors (Lipinski definition) is 10. The largest absolute Gasteiger partial charge is 0.490 e. The summed E-state index contributed by atoms with van der Waals surface area (Å²) in [4.78, 5) is 53.5. The summed E-state index contributed by atoms with van der Waals surface area (Å²) in [7, 11) is 0. The van der Waals surface area contributed by atoms with Gasteiger partial charge in [-0.1, -0.05) is 68.8 Å². The van der Waals surface area contributed by atoms with E-state index in [-0.39, 0.29) is 93.5 Å². The van der Waals surface area contributed by atoms with Gasteiger partial charge in [-0.05, 0) is 88.8 Å². The van der Waals surface area contributed by atoms with E-state index in [1.165, 1.54) is 0 Å². The van der Waals surface area contributed by atoms with Gasteiger partial charge < -0.3 is 49.5 Å². The van der Waals surface area contributed by atoms with Gasteiger partial charge in [0.2, 0.25) is 0 Å². The minimum Gasteiger partial charge on any atom is -0.490 e. The summed E-state index contributed by atoms with van der Waals surface area (Å²) in [5, 5.41) is 19.5. The summed E-state index contributed by atoms with van der Waals surface area (Å²) < 4.78 is 34.4. The van der Waals surface area contributed by atoms with Gasteiger partial charge >= 0.3 is 5.97 Å². The Labute approximate surface area is 365 Å². The number of carbonyl (C=O) groups excluding carboxylic acids is 3. The Kier molecular flexibility index (Phi) is 21.8. The quantitative estimate of drug-likeness (QED) is 0.0356. The van der Waals surface area contributed by atoms with Crippen LogP contribution in [-0.2, 0) is 4.79 Å². The summed E-state index contributed by atoms with van der Waals surface area (Å²) in [6, 6.07) is 15.0. The zero-order chi connectivity index (χ0) is 45.2. The number of carboxylic acid groups (broad SMARTS) is 1. The molecule has 0 aromatic heterocycles. The van der Waals surface area contributed by atoms with Crippen molar-refractivity contribution in [1.82, 2.24) is 16.0 Å². The van der Waals surface area contributed by atoms with Crippen LogP contribution in [0.3, 0.4) is 0 Å². The second-order valence-corrected chi connectivity index (χ2v) is 13.8. The van der Waals surface area contributed by atoms with E-state index in [9.17, 15) is 24.3 Å². The molecule has 0 aliphatic carbocycles. The highest BCUT2D eigenvalue weighted by molar-refractivity contribution is 5.99. The predicted molar refractivity (Wildman–Crippen MR) is 239 cm³/mol. The number of amides is 3. The molecule has 0 saturated heterocycles. The number of ether oxygens (including phenoxy) is 6. The molecule has 0 fully saturated rings. The first kappa shape index (κ1) is 49.7. The van der Waals surface area contributed by atoms with Crippen molar-refractivity contribution >= 4 is 23.7 Å². The average Bonchev–Trinajstić information content (AvgIpc) is 3.27. The molecule has 1 unspecified atom stereocenters. The Morgan fingerprint density at radius 3 is 1.16 bits per heavy atom. The maximum atomic E-state index is 13.4. The second kappa shape index (κ2) is 27.2. The molecule has 3 aromatic rings. The van der Waals surface area contributed by atoms with E-state index in [1.807, 2.05) is 6.92 Å². The van der Waals surface area contributed by atoms with Crippen molar-refractivity contribution in [3.8, 4) is 34.5 Å². The Bertz CT molecular complexity index is 1980. The lowest BCUT2D eigenvalue weighted by atomic mass is 9.75. The number of carbonyl (C=O) groups is 4. The van der Waals surface area contributed by atoms with Crippen molar-refractivity contribution in [2.75, 3.05) is 59.3 Å². The lowest BCUT2D eigenvalue weighted by Gasteiger charge is -2.30. The van der Waals surface area contributed by atoms with Crippen molar-refractivity contribution in [2.24, 2.45) is 5.41 Å². The monoisotopic (exact) mass is 855 g/mol. The summed E-state index contributed by atoms with van der Waals surface area (Å²) in [6.45, 7) is 20.3. The molecular formula is C48H61N3O11. The first-order chi connectivity index (χ1) is 30.1. The Morgan fingerprint density at radius 1 is 0.516 bits per heavy atom. The van der Waals surface area contributed by atoms with Gasteiger partial charge in [0.1, 0.15) is 26.4 Å². The maximum Gasteiger partial charge on any atom is 0.309 e. The molecule has 3 rings (SSSR count). The van der Waals surface area contributed by atoms with Gasteiger partial charge in [0.15, 0.2) is 34.5 Å². The average molecular weight is 856 g/mol. The number of hydrogen-bond donors (Lipinski definition) is 4. The lowest BCUT2D eigenvalue weighted by Crippen LogP contribution is -2.35. The van der Waals surface area contributed by atoms with Gasteiger partial charge in [-0.2, -0.15) is 0 Å². The third-order valence-electron chi connectivity index (χ3n) is 9.47. The van der Waals surface area contributed by atoms with E-state index in [0.717, 1.165) is 0 Å². The van der Waals surface area contributed by atoms with E-state index in [4.69, 9.17) is 28.4 Å². The molecule has 334 valence electrons. The molecule has 3 amide bonds. The molecule has 4 N–H and O–H groups in total. The van der Waals surface area contributed by atoms with Gasteiger partial charge in [0.25, 0.3) is 17.7 Å². The molecule has 0 saturated carbocycles. The molecule has 0 bridgehead atoms. The molecule has 14 heteroatoms. The molecule has 14 nitrogen and oxygen atoms in total. The minimum atomic E-state index is -1.26. The van der Waals surface area contributed by atoms with E-state index < -0.39 is 29.1 Å².